The number of aromatic nitrogens is 4. The Hall–Kier alpha value is -3.02. The summed E-state index contributed by atoms with van der Waals surface area (Å²) in [4.78, 5) is 19.5. The fourth-order valence-corrected chi connectivity index (χ4v) is 4.80. The van der Waals surface area contributed by atoms with E-state index in [2.05, 4.69) is 49.1 Å². The van der Waals surface area contributed by atoms with E-state index in [0.29, 0.717) is 27.4 Å². The first-order chi connectivity index (χ1) is 16.2. The van der Waals surface area contributed by atoms with Crippen molar-refractivity contribution in [2.45, 2.75) is 25.7 Å². The molecule has 5 rings (SSSR count). The molecule has 1 aromatic carbocycles. The molecular formula is C26H23Cl2N5. The van der Waals surface area contributed by atoms with Gasteiger partial charge in [0, 0.05) is 18.8 Å². The van der Waals surface area contributed by atoms with E-state index in [1.807, 2.05) is 24.3 Å². The van der Waals surface area contributed by atoms with E-state index in [1.165, 1.54) is 67.3 Å². The van der Waals surface area contributed by atoms with Crippen molar-refractivity contribution in [3.63, 3.8) is 0 Å². The van der Waals surface area contributed by atoms with Gasteiger partial charge >= 0.3 is 0 Å². The van der Waals surface area contributed by atoms with Gasteiger partial charge in [0.25, 0.3) is 0 Å². The van der Waals surface area contributed by atoms with Crippen molar-refractivity contribution in [3.8, 4) is 11.4 Å². The van der Waals surface area contributed by atoms with E-state index in [4.69, 9.17) is 23.2 Å². The summed E-state index contributed by atoms with van der Waals surface area (Å²) in [7, 11) is 0. The van der Waals surface area contributed by atoms with Crippen LogP contribution >= 0.6 is 23.2 Å². The summed E-state index contributed by atoms with van der Waals surface area (Å²) >= 11 is 12.2. The predicted octanol–water partition coefficient (Wildman–Crippen LogP) is 6.22. The molecule has 0 saturated carbocycles. The molecule has 0 saturated heterocycles. The Kier molecular flexibility index (Phi) is 6.51. The number of anilines is 1. The SMILES string of the molecule is Clc1cncc(-c2cnc(/C=C/C=C/C=C/c3cc4c5c(c3)CCCN5CCC4)c(Cl)n2)n1. The third kappa shape index (κ3) is 5.00. The Morgan fingerprint density at radius 1 is 0.788 bits per heavy atom. The fourth-order valence-electron chi connectivity index (χ4n) is 4.44. The van der Waals surface area contributed by atoms with Crippen LogP contribution in [0.2, 0.25) is 10.3 Å². The highest BCUT2D eigenvalue weighted by atomic mass is 35.5. The molecule has 0 amide bonds. The standard InChI is InChI=1S/C26H23Cl2N5/c27-24-17-29-15-22(31-24)23-16-30-21(26(28)32-23)10-4-2-1-3-7-18-13-19-8-5-11-33-12-6-9-20(14-18)25(19)33/h1-4,7,10,13-17H,5-6,8-9,11-12H2/b2-1+,7-3+,10-4+. The zero-order chi connectivity index (χ0) is 22.6. The monoisotopic (exact) mass is 475 g/mol. The van der Waals surface area contributed by atoms with Gasteiger partial charge in [-0.2, -0.15) is 0 Å². The molecule has 4 heterocycles. The van der Waals surface area contributed by atoms with Crippen molar-refractivity contribution >= 4 is 41.0 Å². The van der Waals surface area contributed by atoms with Crippen LogP contribution in [-0.2, 0) is 12.8 Å². The van der Waals surface area contributed by atoms with Crippen molar-refractivity contribution in [2.75, 3.05) is 18.0 Å². The lowest BCUT2D eigenvalue weighted by Gasteiger charge is -2.37. The Bertz CT molecular complexity index is 1230. The largest absolute Gasteiger partial charge is 0.371 e. The van der Waals surface area contributed by atoms with Crippen LogP contribution in [0, 0.1) is 0 Å². The molecule has 0 bridgehead atoms. The first-order valence-electron chi connectivity index (χ1n) is 11.1. The first kappa shape index (κ1) is 21.8. The van der Waals surface area contributed by atoms with Gasteiger partial charge in [-0.3, -0.25) is 9.97 Å². The van der Waals surface area contributed by atoms with Crippen LogP contribution < -0.4 is 4.90 Å². The summed E-state index contributed by atoms with van der Waals surface area (Å²) in [5.41, 5.74) is 7.43. The van der Waals surface area contributed by atoms with Gasteiger partial charge in [-0.05, 0) is 60.6 Å². The van der Waals surface area contributed by atoms with E-state index in [1.54, 1.807) is 12.4 Å². The number of nitrogens with zero attached hydrogens (tertiary/aromatic N) is 5. The first-order valence-corrected chi connectivity index (χ1v) is 11.9. The molecule has 0 N–H and O–H groups in total. The average molecular weight is 476 g/mol. The maximum Gasteiger partial charge on any atom is 0.155 e. The van der Waals surface area contributed by atoms with E-state index in [-0.39, 0.29) is 0 Å². The molecule has 0 aliphatic carbocycles. The molecule has 2 aliphatic heterocycles. The van der Waals surface area contributed by atoms with Gasteiger partial charge in [0.1, 0.15) is 22.2 Å². The summed E-state index contributed by atoms with van der Waals surface area (Å²) in [5, 5.41) is 0.593. The number of allylic oxidation sites excluding steroid dienone is 4. The molecule has 2 aliphatic rings. The Labute approximate surface area is 203 Å². The molecule has 0 radical (unpaired) electrons. The third-order valence-electron chi connectivity index (χ3n) is 5.85. The van der Waals surface area contributed by atoms with Crippen LogP contribution in [0.4, 0.5) is 5.69 Å². The van der Waals surface area contributed by atoms with E-state index in [0.717, 1.165) is 0 Å². The molecule has 166 valence electrons. The predicted molar refractivity (Wildman–Crippen MR) is 136 cm³/mol. The Morgan fingerprint density at radius 2 is 1.48 bits per heavy atom. The van der Waals surface area contributed by atoms with Crippen LogP contribution in [0.15, 0.2) is 55.0 Å². The Morgan fingerprint density at radius 3 is 2.18 bits per heavy atom. The van der Waals surface area contributed by atoms with Crippen molar-refractivity contribution < 1.29 is 0 Å². The second-order valence-electron chi connectivity index (χ2n) is 8.14. The molecule has 0 atom stereocenters. The van der Waals surface area contributed by atoms with Gasteiger partial charge in [-0.1, -0.05) is 53.6 Å². The van der Waals surface area contributed by atoms with Crippen LogP contribution in [0.3, 0.4) is 0 Å². The lowest BCUT2D eigenvalue weighted by molar-refractivity contribution is 0.634. The van der Waals surface area contributed by atoms with E-state index in [9.17, 15) is 0 Å². The molecule has 5 nitrogen and oxygen atoms in total. The van der Waals surface area contributed by atoms with Crippen molar-refractivity contribution in [1.29, 1.82) is 0 Å². The molecule has 0 unspecified atom stereocenters. The third-order valence-corrected chi connectivity index (χ3v) is 6.31. The Balaban J connectivity index is 1.24. The van der Waals surface area contributed by atoms with Crippen LogP contribution in [0.25, 0.3) is 23.5 Å². The van der Waals surface area contributed by atoms with Gasteiger partial charge in [-0.25, -0.2) is 9.97 Å². The van der Waals surface area contributed by atoms with E-state index >= 15 is 0 Å². The normalized spacial score (nSPS) is 15.6. The second kappa shape index (κ2) is 9.86. The maximum absolute atomic E-state index is 6.29. The highest BCUT2D eigenvalue weighted by Crippen LogP contribution is 2.36. The molecule has 0 fully saturated rings. The number of aryl methyl sites for hydroxylation is 2. The smallest absolute Gasteiger partial charge is 0.155 e. The summed E-state index contributed by atoms with van der Waals surface area (Å²) in [5.74, 6) is 0. The molecule has 3 aromatic rings. The van der Waals surface area contributed by atoms with Crippen molar-refractivity contribution in [2.24, 2.45) is 0 Å². The van der Waals surface area contributed by atoms with Gasteiger partial charge in [-0.15, -0.1) is 0 Å². The van der Waals surface area contributed by atoms with Gasteiger partial charge in [0.2, 0.25) is 0 Å². The van der Waals surface area contributed by atoms with Crippen molar-refractivity contribution in [1.82, 2.24) is 19.9 Å². The minimum absolute atomic E-state index is 0.296. The van der Waals surface area contributed by atoms with Gasteiger partial charge in [0.15, 0.2) is 5.15 Å². The minimum atomic E-state index is 0.296. The van der Waals surface area contributed by atoms with Gasteiger partial charge in [0.05, 0.1) is 18.6 Å². The fraction of sp³-hybridized carbons (Fsp3) is 0.231. The number of rotatable bonds is 5. The quantitative estimate of drug-likeness (QED) is 0.409. The zero-order valence-corrected chi connectivity index (χ0v) is 19.6. The molecular weight excluding hydrogens is 453 g/mol. The second-order valence-corrected chi connectivity index (χ2v) is 8.89. The van der Waals surface area contributed by atoms with Gasteiger partial charge < -0.3 is 4.90 Å². The highest BCUT2D eigenvalue weighted by molar-refractivity contribution is 6.30. The summed E-state index contributed by atoms with van der Waals surface area (Å²) in [6.07, 6.45) is 21.4. The lowest BCUT2D eigenvalue weighted by Crippen LogP contribution is -2.34. The minimum Gasteiger partial charge on any atom is -0.371 e. The molecule has 33 heavy (non-hydrogen) atoms. The van der Waals surface area contributed by atoms with E-state index < -0.39 is 0 Å². The summed E-state index contributed by atoms with van der Waals surface area (Å²) < 4.78 is 0. The maximum atomic E-state index is 6.29. The average Bonchev–Trinajstić information content (AvgIpc) is 2.82. The number of halogens is 2. The summed E-state index contributed by atoms with van der Waals surface area (Å²) in [6, 6.07) is 4.69. The highest BCUT2D eigenvalue weighted by Gasteiger charge is 2.23. The topological polar surface area (TPSA) is 54.8 Å². The van der Waals surface area contributed by atoms with Crippen LogP contribution in [-0.4, -0.2) is 33.0 Å². The molecule has 0 spiro atoms. The zero-order valence-electron chi connectivity index (χ0n) is 18.1. The van der Waals surface area contributed by atoms with Crippen LogP contribution in [0.5, 0.6) is 0 Å². The van der Waals surface area contributed by atoms with Crippen LogP contribution in [0.1, 0.15) is 35.2 Å². The molecule has 7 heteroatoms. The number of hydrogen-bond acceptors (Lipinski definition) is 5. The summed E-state index contributed by atoms with van der Waals surface area (Å²) in [6.45, 7) is 2.41. The molecule has 2 aromatic heterocycles. The number of benzene rings is 1. The lowest BCUT2D eigenvalue weighted by atomic mass is 9.90. The number of hydrogen-bond donors (Lipinski definition) is 0. The van der Waals surface area contributed by atoms with Crippen molar-refractivity contribution in [3.05, 3.63) is 87.7 Å².